The number of thiophene rings is 1. The van der Waals surface area contributed by atoms with Crippen LogP contribution in [-0.4, -0.2) is 0 Å². The fraction of sp³-hybridized carbons (Fsp3) is 0. The molecule has 2 aromatic heterocycles. The van der Waals surface area contributed by atoms with Crippen molar-refractivity contribution in [3.63, 3.8) is 0 Å². The molecule has 0 aliphatic rings. The molecule has 3 heteroatoms. The summed E-state index contributed by atoms with van der Waals surface area (Å²) in [4.78, 5) is 2.39. The van der Waals surface area contributed by atoms with Crippen LogP contribution in [0.3, 0.4) is 0 Å². The molecule has 0 N–H and O–H groups in total. The highest BCUT2D eigenvalue weighted by Crippen LogP contribution is 2.46. The quantitative estimate of drug-likeness (QED) is 0.167. The van der Waals surface area contributed by atoms with Gasteiger partial charge in [0.2, 0.25) is 0 Å². The second-order valence-corrected chi connectivity index (χ2v) is 14.7. The molecule has 2 heterocycles. The fourth-order valence-corrected chi connectivity index (χ4v) is 9.48. The molecule has 0 aliphatic carbocycles. The molecule has 0 bridgehead atoms. The lowest BCUT2D eigenvalue weighted by Gasteiger charge is -2.27. The van der Waals surface area contributed by atoms with Gasteiger partial charge in [0, 0.05) is 36.9 Å². The van der Waals surface area contributed by atoms with Gasteiger partial charge in [-0.3, -0.25) is 0 Å². The number of nitrogens with zero attached hydrogens (tertiary/aromatic N) is 1. The minimum atomic E-state index is 0.874. The Hall–Kier alpha value is -6.68. The molecule has 0 atom stereocenters. The summed E-state index contributed by atoms with van der Waals surface area (Å²) in [6, 6.07) is 68.0. The van der Waals surface area contributed by atoms with Crippen LogP contribution in [0.15, 0.2) is 192 Å². The van der Waals surface area contributed by atoms with Crippen LogP contribution in [-0.2, 0) is 0 Å². The van der Waals surface area contributed by atoms with E-state index in [9.17, 15) is 0 Å². The summed E-state index contributed by atoms with van der Waals surface area (Å²) in [6.07, 6.45) is 0. The van der Waals surface area contributed by atoms with Crippen molar-refractivity contribution in [3.8, 4) is 22.3 Å². The molecule has 0 unspecified atom stereocenters. The molecule has 11 aromatic rings. The zero-order valence-electron chi connectivity index (χ0n) is 28.7. The topological polar surface area (TPSA) is 16.4 Å². The summed E-state index contributed by atoms with van der Waals surface area (Å²) in [6.45, 7) is 0. The maximum Gasteiger partial charge on any atom is 0.137 e. The molecule has 0 aliphatic heterocycles. The zero-order valence-corrected chi connectivity index (χ0v) is 29.5. The molecule has 0 spiro atoms. The lowest BCUT2D eigenvalue weighted by Crippen LogP contribution is -2.10. The first-order valence-corrected chi connectivity index (χ1v) is 18.8. The van der Waals surface area contributed by atoms with Crippen LogP contribution in [0.2, 0.25) is 0 Å². The van der Waals surface area contributed by atoms with Gasteiger partial charge in [-0.1, -0.05) is 133 Å². The molecule has 9 aromatic carbocycles. The molecular formula is C50H31NOS. The van der Waals surface area contributed by atoms with Crippen LogP contribution in [0.25, 0.3) is 85.9 Å². The summed E-state index contributed by atoms with van der Waals surface area (Å²) in [7, 11) is 0. The van der Waals surface area contributed by atoms with Crippen LogP contribution in [0.5, 0.6) is 0 Å². The van der Waals surface area contributed by atoms with Gasteiger partial charge in [-0.25, -0.2) is 0 Å². The predicted molar refractivity (Wildman–Crippen MR) is 227 cm³/mol. The Balaban J connectivity index is 1.11. The third kappa shape index (κ3) is 4.78. The predicted octanol–water partition coefficient (Wildman–Crippen LogP) is 15.1. The summed E-state index contributed by atoms with van der Waals surface area (Å²) in [5.41, 5.74) is 9.86. The number of para-hydroxylation sites is 1. The molecular weight excluding hydrogens is 663 g/mol. The number of hydrogen-bond acceptors (Lipinski definition) is 3. The van der Waals surface area contributed by atoms with Crippen LogP contribution < -0.4 is 4.90 Å². The first-order chi connectivity index (χ1) is 26.3. The Morgan fingerprint density at radius 2 is 1.08 bits per heavy atom. The average molecular weight is 694 g/mol. The number of anilines is 3. The largest absolute Gasteiger partial charge is 0.456 e. The average Bonchev–Trinajstić information content (AvgIpc) is 3.80. The molecule has 0 saturated carbocycles. The Kier molecular flexibility index (Phi) is 6.76. The second kappa shape index (κ2) is 11.9. The number of furan rings is 1. The number of rotatable bonds is 5. The van der Waals surface area contributed by atoms with Crippen LogP contribution in [0, 0.1) is 0 Å². The summed E-state index contributed by atoms with van der Waals surface area (Å²) >= 11 is 1.87. The maximum atomic E-state index is 6.41. The smallest absolute Gasteiger partial charge is 0.137 e. The van der Waals surface area contributed by atoms with Crippen LogP contribution in [0.1, 0.15) is 0 Å². The van der Waals surface area contributed by atoms with Gasteiger partial charge in [0.1, 0.15) is 11.2 Å². The van der Waals surface area contributed by atoms with E-state index in [1.54, 1.807) is 0 Å². The van der Waals surface area contributed by atoms with Crippen molar-refractivity contribution < 1.29 is 4.42 Å². The first kappa shape index (κ1) is 30.0. The normalized spacial score (nSPS) is 11.8. The summed E-state index contributed by atoms with van der Waals surface area (Å²) in [5, 5.41) is 9.88. The number of hydrogen-bond donors (Lipinski definition) is 0. The van der Waals surface area contributed by atoms with Crippen molar-refractivity contribution in [2.45, 2.75) is 0 Å². The highest BCUT2D eigenvalue weighted by molar-refractivity contribution is 7.26. The van der Waals surface area contributed by atoms with Crippen molar-refractivity contribution in [2.75, 3.05) is 4.90 Å². The Morgan fingerprint density at radius 1 is 0.396 bits per heavy atom. The fourth-order valence-electron chi connectivity index (χ4n) is 8.24. The van der Waals surface area contributed by atoms with Crippen molar-refractivity contribution in [3.05, 3.63) is 188 Å². The van der Waals surface area contributed by atoms with E-state index in [-0.39, 0.29) is 0 Å². The van der Waals surface area contributed by atoms with E-state index in [1.165, 1.54) is 64.0 Å². The van der Waals surface area contributed by atoms with E-state index in [0.29, 0.717) is 0 Å². The van der Waals surface area contributed by atoms with Crippen molar-refractivity contribution in [1.29, 1.82) is 0 Å². The molecule has 248 valence electrons. The highest BCUT2D eigenvalue weighted by atomic mass is 32.1. The van der Waals surface area contributed by atoms with Crippen molar-refractivity contribution >= 4 is 92.1 Å². The maximum absolute atomic E-state index is 6.41. The number of fused-ring (bicyclic) bond motifs is 9. The van der Waals surface area contributed by atoms with E-state index in [0.717, 1.165) is 39.0 Å². The van der Waals surface area contributed by atoms with Crippen LogP contribution in [0.4, 0.5) is 17.1 Å². The third-order valence-corrected chi connectivity index (χ3v) is 11.9. The molecule has 53 heavy (non-hydrogen) atoms. The third-order valence-electron chi connectivity index (χ3n) is 10.6. The summed E-state index contributed by atoms with van der Waals surface area (Å²) < 4.78 is 9.04. The lowest BCUT2D eigenvalue weighted by atomic mass is 9.93. The second-order valence-electron chi connectivity index (χ2n) is 13.7. The minimum Gasteiger partial charge on any atom is -0.456 e. The van der Waals surface area contributed by atoms with E-state index in [1.807, 2.05) is 17.4 Å². The van der Waals surface area contributed by atoms with Gasteiger partial charge in [-0.2, -0.15) is 0 Å². The van der Waals surface area contributed by atoms with E-state index in [4.69, 9.17) is 4.42 Å². The van der Waals surface area contributed by atoms with E-state index in [2.05, 4.69) is 187 Å². The number of benzene rings is 9. The summed E-state index contributed by atoms with van der Waals surface area (Å²) in [5.74, 6) is 0. The molecule has 0 amide bonds. The first-order valence-electron chi connectivity index (χ1n) is 18.0. The van der Waals surface area contributed by atoms with Gasteiger partial charge < -0.3 is 9.32 Å². The van der Waals surface area contributed by atoms with Gasteiger partial charge in [0.15, 0.2) is 0 Å². The van der Waals surface area contributed by atoms with Gasteiger partial charge in [-0.05, 0) is 98.4 Å². The molecule has 2 nitrogen and oxygen atoms in total. The van der Waals surface area contributed by atoms with E-state index < -0.39 is 0 Å². The minimum absolute atomic E-state index is 0.874. The monoisotopic (exact) mass is 693 g/mol. The van der Waals surface area contributed by atoms with Crippen molar-refractivity contribution in [2.24, 2.45) is 0 Å². The lowest BCUT2D eigenvalue weighted by molar-refractivity contribution is 0.669. The Bertz CT molecular complexity index is 3190. The van der Waals surface area contributed by atoms with Gasteiger partial charge in [-0.15, -0.1) is 11.3 Å². The van der Waals surface area contributed by atoms with Gasteiger partial charge in [0.25, 0.3) is 0 Å². The molecule has 0 saturated heterocycles. The molecule has 0 radical (unpaired) electrons. The SMILES string of the molecule is c1cc(-c2cccc3c2sc2ccccc23)cc(N(c2ccc(-c3cc4ccccc4c4ccccc34)cc2)c2cccc3oc4ccccc4c23)c1. The van der Waals surface area contributed by atoms with Crippen molar-refractivity contribution in [1.82, 2.24) is 0 Å². The standard InChI is InChI=1S/C50H31NOS/c1-2-15-37-34(12-1)31-44(40-17-4-3-16-39(37)40)32-26-28-35(29-27-32)51(45-22-11-24-47-49(45)43-19-5-7-23-46(43)52-47)36-14-9-13-33(30-36)38-20-10-21-42-41-18-6-8-25-48(41)53-50(38)42/h1-31H. The van der Waals surface area contributed by atoms with Gasteiger partial charge >= 0.3 is 0 Å². The van der Waals surface area contributed by atoms with E-state index >= 15 is 0 Å². The Morgan fingerprint density at radius 3 is 1.96 bits per heavy atom. The van der Waals surface area contributed by atoms with Gasteiger partial charge in [0.05, 0.1) is 11.1 Å². The zero-order chi connectivity index (χ0) is 34.9. The Labute approximate surface area is 310 Å². The molecule has 11 rings (SSSR count). The molecule has 0 fully saturated rings. The highest BCUT2D eigenvalue weighted by Gasteiger charge is 2.21. The van der Waals surface area contributed by atoms with Crippen LogP contribution >= 0.6 is 11.3 Å².